The quantitative estimate of drug-likeness (QED) is 0.523. The van der Waals surface area contributed by atoms with Crippen molar-refractivity contribution in [2.24, 2.45) is 5.73 Å². The molecule has 0 aromatic heterocycles. The number of carbonyl (C=O) groups is 3. The van der Waals surface area contributed by atoms with Crippen LogP contribution in [0.1, 0.15) is 13.3 Å². The Balaban J connectivity index is 0.00000264. The zero-order chi connectivity index (χ0) is 16.3. The lowest BCUT2D eigenvalue weighted by molar-refractivity contribution is -0.146. The molecule has 23 heavy (non-hydrogen) atoms. The Labute approximate surface area is 140 Å². The third kappa shape index (κ3) is 3.72. The fraction of sp³-hybridized carbons (Fsp3) is 0.500. The maximum absolute atomic E-state index is 12.2. The molecule has 2 rings (SSSR count). The number of amides is 1. The van der Waals surface area contributed by atoms with Gasteiger partial charge in [-0.2, -0.15) is 0 Å². The summed E-state index contributed by atoms with van der Waals surface area (Å²) in [5, 5.41) is 2.67. The molecule has 1 amide bonds. The van der Waals surface area contributed by atoms with Gasteiger partial charge in [-0.05, 0) is 6.42 Å². The highest BCUT2D eigenvalue weighted by molar-refractivity contribution is 6.05. The Morgan fingerprint density at radius 3 is 2.70 bits per heavy atom. The third-order valence-corrected chi connectivity index (χ3v) is 3.26. The molecule has 0 aliphatic carbocycles. The molecule has 128 valence electrons. The number of hydrazine groups is 1. The van der Waals surface area contributed by atoms with Crippen LogP contribution in [0.5, 0.6) is 0 Å². The smallest absolute Gasteiger partial charge is 0.357 e. The van der Waals surface area contributed by atoms with E-state index >= 15 is 0 Å². The molecule has 0 aromatic rings. The molecule has 0 radical (unpaired) electrons. The van der Waals surface area contributed by atoms with E-state index in [1.165, 1.54) is 6.08 Å². The van der Waals surface area contributed by atoms with Crippen molar-refractivity contribution >= 4 is 30.3 Å². The van der Waals surface area contributed by atoms with Crippen LogP contribution >= 0.6 is 12.4 Å². The molecule has 2 aliphatic rings. The van der Waals surface area contributed by atoms with Crippen LogP contribution < -0.4 is 5.73 Å². The van der Waals surface area contributed by atoms with E-state index in [-0.39, 0.29) is 50.0 Å². The number of fused-ring (bicyclic) bond motifs is 1. The van der Waals surface area contributed by atoms with Crippen LogP contribution in [0.15, 0.2) is 23.9 Å². The van der Waals surface area contributed by atoms with Gasteiger partial charge in [0.2, 0.25) is 0 Å². The first-order valence-electron chi connectivity index (χ1n) is 7.04. The van der Waals surface area contributed by atoms with Crippen LogP contribution in [0.25, 0.3) is 0 Å². The van der Waals surface area contributed by atoms with Crippen molar-refractivity contribution in [3.8, 4) is 0 Å². The van der Waals surface area contributed by atoms with Crippen LogP contribution in [0.4, 0.5) is 0 Å². The summed E-state index contributed by atoms with van der Waals surface area (Å²) < 4.78 is 10.0. The van der Waals surface area contributed by atoms with Gasteiger partial charge in [-0.15, -0.1) is 12.4 Å². The summed E-state index contributed by atoms with van der Waals surface area (Å²) in [4.78, 5) is 36.4. The zero-order valence-electron chi connectivity index (χ0n) is 12.8. The molecule has 0 aromatic carbocycles. The molecule has 1 fully saturated rings. The van der Waals surface area contributed by atoms with Gasteiger partial charge in [0.25, 0.3) is 5.91 Å². The number of hydrogen-bond acceptors (Lipinski definition) is 7. The van der Waals surface area contributed by atoms with Gasteiger partial charge in [-0.1, -0.05) is 19.6 Å². The van der Waals surface area contributed by atoms with Gasteiger partial charge < -0.3 is 15.2 Å². The van der Waals surface area contributed by atoms with Crippen LogP contribution in [0.2, 0.25) is 0 Å². The molecule has 2 heterocycles. The number of nitrogens with zero attached hydrogens (tertiary/aromatic N) is 2. The fourth-order valence-electron chi connectivity index (χ4n) is 2.31. The van der Waals surface area contributed by atoms with E-state index in [4.69, 9.17) is 15.2 Å². The van der Waals surface area contributed by atoms with Crippen molar-refractivity contribution < 1.29 is 23.9 Å². The van der Waals surface area contributed by atoms with Crippen LogP contribution in [0, 0.1) is 0 Å². The third-order valence-electron chi connectivity index (χ3n) is 3.26. The monoisotopic (exact) mass is 345 g/mol. The normalized spacial score (nSPS) is 20.2. The van der Waals surface area contributed by atoms with Crippen LogP contribution in [-0.2, 0) is 23.9 Å². The Kier molecular flexibility index (Phi) is 6.74. The molecule has 0 spiro atoms. The fourth-order valence-corrected chi connectivity index (χ4v) is 2.31. The zero-order valence-corrected chi connectivity index (χ0v) is 13.6. The van der Waals surface area contributed by atoms with Crippen molar-refractivity contribution in [3.63, 3.8) is 0 Å². The topological polar surface area (TPSA) is 102 Å². The Morgan fingerprint density at radius 1 is 1.39 bits per heavy atom. The lowest BCUT2D eigenvalue weighted by Gasteiger charge is -2.20. The number of hydrogen-bond donors (Lipinski definition) is 1. The maximum Gasteiger partial charge on any atom is 0.357 e. The van der Waals surface area contributed by atoms with Gasteiger partial charge in [0.15, 0.2) is 5.70 Å². The van der Waals surface area contributed by atoms with E-state index in [9.17, 15) is 14.4 Å². The number of nitrogens with two attached hydrogens (primary N) is 1. The minimum Gasteiger partial charge on any atom is -0.462 e. The first-order valence-corrected chi connectivity index (χ1v) is 7.04. The summed E-state index contributed by atoms with van der Waals surface area (Å²) in [7, 11) is 0. The summed E-state index contributed by atoms with van der Waals surface area (Å²) >= 11 is 0. The molecule has 0 saturated carbocycles. The molecule has 1 atom stereocenters. The second-order valence-corrected chi connectivity index (χ2v) is 4.95. The van der Waals surface area contributed by atoms with Crippen molar-refractivity contribution in [1.29, 1.82) is 0 Å². The molecule has 8 nitrogen and oxygen atoms in total. The predicted octanol–water partition coefficient (Wildman–Crippen LogP) is -0.255. The number of carbonyl (C=O) groups excluding carboxylic acids is 3. The number of esters is 2. The molecular formula is C14H20ClN3O5. The molecule has 2 N–H and O–H groups in total. The van der Waals surface area contributed by atoms with Crippen molar-refractivity contribution in [1.82, 2.24) is 10.0 Å². The van der Waals surface area contributed by atoms with E-state index in [0.717, 1.165) is 5.01 Å². The Bertz CT molecular complexity index is 549. The average Bonchev–Trinajstić information content (AvgIpc) is 3.00. The molecule has 1 saturated heterocycles. The summed E-state index contributed by atoms with van der Waals surface area (Å²) in [5.74, 6) is -1.83. The van der Waals surface area contributed by atoms with E-state index in [0.29, 0.717) is 6.42 Å². The first kappa shape index (κ1) is 19.1. The first-order chi connectivity index (χ1) is 10.5. The largest absolute Gasteiger partial charge is 0.462 e. The second-order valence-electron chi connectivity index (χ2n) is 4.95. The van der Waals surface area contributed by atoms with E-state index < -0.39 is 23.9 Å². The number of rotatable bonds is 6. The lowest BCUT2D eigenvalue weighted by atomic mass is 10.2. The molecule has 9 heteroatoms. The minimum absolute atomic E-state index is 0. The molecule has 2 aliphatic heterocycles. The predicted molar refractivity (Wildman–Crippen MR) is 83.1 cm³/mol. The summed E-state index contributed by atoms with van der Waals surface area (Å²) in [6, 6.07) is -0.726. The van der Waals surface area contributed by atoms with Gasteiger partial charge in [0, 0.05) is 6.54 Å². The molecular weight excluding hydrogens is 326 g/mol. The standard InChI is InChI=1S/C14H19N3O5.ClH/c1-3-5-21-13(19)9-7-16-8-10(15)12(18)17(16)11(9)14(20)22-6-4-2;/h4,10H,2-3,5-8,15H2,1H3;1H. The van der Waals surface area contributed by atoms with Crippen LogP contribution in [0.3, 0.4) is 0 Å². The van der Waals surface area contributed by atoms with Gasteiger partial charge in [-0.3, -0.25) is 4.79 Å². The maximum atomic E-state index is 12.2. The van der Waals surface area contributed by atoms with Gasteiger partial charge in [0.1, 0.15) is 12.6 Å². The highest BCUT2D eigenvalue weighted by Crippen LogP contribution is 2.30. The van der Waals surface area contributed by atoms with Crippen molar-refractivity contribution in [2.75, 3.05) is 26.3 Å². The van der Waals surface area contributed by atoms with Gasteiger partial charge in [0.05, 0.1) is 18.7 Å². The summed E-state index contributed by atoms with van der Waals surface area (Å²) in [6.07, 6.45) is 2.06. The summed E-state index contributed by atoms with van der Waals surface area (Å²) in [5.41, 5.74) is 5.70. The number of halogens is 1. The van der Waals surface area contributed by atoms with Gasteiger partial charge >= 0.3 is 11.9 Å². The number of ether oxygens (including phenoxy) is 2. The lowest BCUT2D eigenvalue weighted by Crippen LogP contribution is -2.38. The highest BCUT2D eigenvalue weighted by atomic mass is 35.5. The average molecular weight is 346 g/mol. The Morgan fingerprint density at radius 2 is 2.09 bits per heavy atom. The van der Waals surface area contributed by atoms with E-state index in [1.807, 2.05) is 6.92 Å². The summed E-state index contributed by atoms with van der Waals surface area (Å²) in [6.45, 7) is 5.87. The Hall–Kier alpha value is -1.90. The molecule has 0 bridgehead atoms. The second kappa shape index (κ2) is 8.09. The van der Waals surface area contributed by atoms with Crippen molar-refractivity contribution in [2.45, 2.75) is 19.4 Å². The van der Waals surface area contributed by atoms with Crippen molar-refractivity contribution in [3.05, 3.63) is 23.9 Å². The minimum atomic E-state index is -0.770. The SMILES string of the molecule is C=CCOC(=O)C1=C(C(=O)OCCC)CN2CC(N)C(=O)N12.Cl. The van der Waals surface area contributed by atoms with Gasteiger partial charge in [-0.25, -0.2) is 19.6 Å². The molecule has 1 unspecified atom stereocenters. The van der Waals surface area contributed by atoms with E-state index in [2.05, 4.69) is 6.58 Å². The highest BCUT2D eigenvalue weighted by Gasteiger charge is 2.48. The van der Waals surface area contributed by atoms with E-state index in [1.54, 1.807) is 5.01 Å². The van der Waals surface area contributed by atoms with Crippen LogP contribution in [-0.4, -0.2) is 60.2 Å².